The highest BCUT2D eigenvalue weighted by atomic mass is 32.1. The summed E-state index contributed by atoms with van der Waals surface area (Å²) < 4.78 is 0. The van der Waals surface area contributed by atoms with E-state index in [9.17, 15) is 0 Å². The Hall–Kier alpha value is -2.08. The van der Waals surface area contributed by atoms with Crippen molar-refractivity contribution in [1.82, 2.24) is 15.6 Å². The Balaban J connectivity index is 1.56. The first-order chi connectivity index (χ1) is 13.1. The van der Waals surface area contributed by atoms with Gasteiger partial charge in [-0.3, -0.25) is 0 Å². The Bertz CT molecular complexity index is 731. The zero-order valence-corrected chi connectivity index (χ0v) is 17.5. The van der Waals surface area contributed by atoms with E-state index >= 15 is 0 Å². The summed E-state index contributed by atoms with van der Waals surface area (Å²) in [5.74, 6) is 1.95. The molecule has 6 heteroatoms. The van der Waals surface area contributed by atoms with Gasteiger partial charge in [0.2, 0.25) is 0 Å². The van der Waals surface area contributed by atoms with Crippen LogP contribution in [0.3, 0.4) is 0 Å². The summed E-state index contributed by atoms with van der Waals surface area (Å²) >= 11 is 1.87. The second-order valence-electron chi connectivity index (χ2n) is 7.18. The maximum Gasteiger partial charge on any atom is 0.191 e. The van der Waals surface area contributed by atoms with Crippen molar-refractivity contribution >= 4 is 23.1 Å². The predicted octanol–water partition coefficient (Wildman–Crippen LogP) is 3.74. The second-order valence-corrected chi connectivity index (χ2v) is 8.55. The molecule has 1 unspecified atom stereocenters. The average Bonchev–Trinajstić information content (AvgIpc) is 3.32. The second kappa shape index (κ2) is 9.74. The molecule has 0 bridgehead atoms. The molecule has 0 amide bonds. The zero-order chi connectivity index (χ0) is 19.1. The molecule has 1 fully saturated rings. The van der Waals surface area contributed by atoms with Crippen LogP contribution in [0.1, 0.15) is 42.0 Å². The molecule has 0 saturated carbocycles. The van der Waals surface area contributed by atoms with Crippen molar-refractivity contribution in [2.75, 3.05) is 24.5 Å². The number of guanidine groups is 1. The van der Waals surface area contributed by atoms with Gasteiger partial charge in [-0.05, 0) is 57.4 Å². The first-order valence-corrected chi connectivity index (χ1v) is 10.8. The maximum absolute atomic E-state index is 4.74. The van der Waals surface area contributed by atoms with E-state index in [2.05, 4.69) is 65.6 Å². The molecule has 1 saturated heterocycles. The number of hydrogen-bond acceptors (Lipinski definition) is 4. The zero-order valence-electron chi connectivity index (χ0n) is 16.7. The summed E-state index contributed by atoms with van der Waals surface area (Å²) in [6, 6.07) is 9.00. The van der Waals surface area contributed by atoms with Crippen LogP contribution in [0.4, 0.5) is 5.82 Å². The highest BCUT2D eigenvalue weighted by Crippen LogP contribution is 2.18. The van der Waals surface area contributed by atoms with Gasteiger partial charge in [-0.25, -0.2) is 9.98 Å². The molecule has 27 heavy (non-hydrogen) atoms. The number of aliphatic imine (C=N–C) groups is 1. The molecule has 2 aromatic rings. The number of anilines is 1. The lowest BCUT2D eigenvalue weighted by Crippen LogP contribution is -2.43. The van der Waals surface area contributed by atoms with Crippen molar-refractivity contribution in [2.24, 2.45) is 4.99 Å². The normalized spacial score (nSPS) is 15.8. The van der Waals surface area contributed by atoms with Gasteiger partial charge >= 0.3 is 0 Å². The number of thiophene rings is 1. The van der Waals surface area contributed by atoms with E-state index in [0.717, 1.165) is 43.4 Å². The number of aryl methyl sites for hydroxylation is 1. The first-order valence-electron chi connectivity index (χ1n) is 9.94. The van der Waals surface area contributed by atoms with Crippen LogP contribution in [0.5, 0.6) is 0 Å². The lowest BCUT2D eigenvalue weighted by Gasteiger charge is -2.18. The maximum atomic E-state index is 4.74. The Morgan fingerprint density at radius 2 is 2.07 bits per heavy atom. The van der Waals surface area contributed by atoms with Crippen molar-refractivity contribution in [3.63, 3.8) is 0 Å². The number of nitrogens with one attached hydrogen (secondary N) is 2. The van der Waals surface area contributed by atoms with Gasteiger partial charge in [-0.2, -0.15) is 0 Å². The van der Waals surface area contributed by atoms with E-state index in [-0.39, 0.29) is 0 Å². The summed E-state index contributed by atoms with van der Waals surface area (Å²) in [7, 11) is 0. The molecule has 1 aliphatic rings. The van der Waals surface area contributed by atoms with Gasteiger partial charge in [0.25, 0.3) is 0 Å². The monoisotopic (exact) mass is 385 g/mol. The van der Waals surface area contributed by atoms with Crippen molar-refractivity contribution in [1.29, 1.82) is 0 Å². The van der Waals surface area contributed by atoms with E-state index in [4.69, 9.17) is 4.99 Å². The number of rotatable bonds is 7. The molecule has 0 spiro atoms. The number of hydrogen-bond donors (Lipinski definition) is 2. The highest BCUT2D eigenvalue weighted by molar-refractivity contribution is 7.11. The molecule has 5 nitrogen and oxygen atoms in total. The first kappa shape index (κ1) is 19.7. The fourth-order valence-corrected chi connectivity index (χ4v) is 4.33. The smallest absolute Gasteiger partial charge is 0.191 e. The van der Waals surface area contributed by atoms with Crippen molar-refractivity contribution < 1.29 is 0 Å². The number of aromatic nitrogens is 1. The molecule has 3 heterocycles. The lowest BCUT2D eigenvalue weighted by molar-refractivity contribution is 0.645. The standard InChI is InChI=1S/C21H31N5S/c1-4-22-21(25-16(2)13-19-9-7-17(3)27-19)24-15-18-8-10-20(23-14-18)26-11-5-6-12-26/h7-10,14,16H,4-6,11-13,15H2,1-3H3,(H2,22,24,25). The number of pyridine rings is 1. The summed E-state index contributed by atoms with van der Waals surface area (Å²) in [5.41, 5.74) is 1.14. The molecule has 1 aliphatic heterocycles. The van der Waals surface area contributed by atoms with Crippen molar-refractivity contribution in [3.05, 3.63) is 45.8 Å². The van der Waals surface area contributed by atoms with E-state index in [1.165, 1.54) is 22.6 Å². The third kappa shape index (κ3) is 5.96. The quantitative estimate of drug-likeness (QED) is 0.563. The van der Waals surface area contributed by atoms with E-state index < -0.39 is 0 Å². The minimum atomic E-state index is 0.330. The van der Waals surface area contributed by atoms with Gasteiger partial charge in [0.05, 0.1) is 6.54 Å². The van der Waals surface area contributed by atoms with E-state index in [0.29, 0.717) is 12.6 Å². The third-order valence-electron chi connectivity index (χ3n) is 4.69. The average molecular weight is 386 g/mol. The Morgan fingerprint density at radius 1 is 1.26 bits per heavy atom. The lowest BCUT2D eigenvalue weighted by atomic mass is 10.2. The molecular weight excluding hydrogens is 354 g/mol. The molecule has 1 atom stereocenters. The molecule has 0 aliphatic carbocycles. The minimum absolute atomic E-state index is 0.330. The number of nitrogens with zero attached hydrogens (tertiary/aromatic N) is 3. The van der Waals surface area contributed by atoms with Gasteiger partial charge in [0.15, 0.2) is 5.96 Å². The minimum Gasteiger partial charge on any atom is -0.357 e. The fraction of sp³-hybridized carbons (Fsp3) is 0.524. The van der Waals surface area contributed by atoms with Gasteiger partial charge in [-0.15, -0.1) is 11.3 Å². The van der Waals surface area contributed by atoms with E-state index in [1.54, 1.807) is 0 Å². The fourth-order valence-electron chi connectivity index (χ4n) is 3.31. The highest BCUT2D eigenvalue weighted by Gasteiger charge is 2.13. The van der Waals surface area contributed by atoms with Crippen LogP contribution >= 0.6 is 11.3 Å². The topological polar surface area (TPSA) is 52.6 Å². The van der Waals surface area contributed by atoms with E-state index in [1.807, 2.05) is 17.5 Å². The third-order valence-corrected chi connectivity index (χ3v) is 5.71. The van der Waals surface area contributed by atoms with Crippen molar-refractivity contribution in [3.8, 4) is 0 Å². The Morgan fingerprint density at radius 3 is 2.70 bits per heavy atom. The predicted molar refractivity (Wildman–Crippen MR) is 116 cm³/mol. The van der Waals surface area contributed by atoms with Gasteiger partial charge < -0.3 is 15.5 Å². The molecule has 146 valence electrons. The van der Waals surface area contributed by atoms with Crippen LogP contribution in [-0.2, 0) is 13.0 Å². The molecule has 0 aromatic carbocycles. The summed E-state index contributed by atoms with van der Waals surface area (Å²) in [6.07, 6.45) is 5.51. The van der Waals surface area contributed by atoms with Crippen molar-refractivity contribution in [2.45, 2.75) is 52.6 Å². The van der Waals surface area contributed by atoms with Crippen LogP contribution in [0.2, 0.25) is 0 Å². The molecule has 2 N–H and O–H groups in total. The van der Waals surface area contributed by atoms with Crippen LogP contribution in [0, 0.1) is 6.92 Å². The molecular formula is C21H31N5S. The van der Waals surface area contributed by atoms with Crippen LogP contribution in [0.15, 0.2) is 35.5 Å². The summed E-state index contributed by atoms with van der Waals surface area (Å²) in [4.78, 5) is 14.5. The molecule has 0 radical (unpaired) electrons. The molecule has 3 rings (SSSR count). The Kier molecular flexibility index (Phi) is 7.10. The summed E-state index contributed by atoms with van der Waals surface area (Å²) in [6.45, 7) is 10.2. The largest absolute Gasteiger partial charge is 0.357 e. The summed E-state index contributed by atoms with van der Waals surface area (Å²) in [5, 5.41) is 6.86. The Labute approximate surface area is 166 Å². The van der Waals surface area contributed by atoms with Crippen LogP contribution in [-0.4, -0.2) is 36.6 Å². The van der Waals surface area contributed by atoms with Gasteiger partial charge in [0, 0.05) is 48.0 Å². The SMILES string of the molecule is CCNC(=NCc1ccc(N2CCCC2)nc1)NC(C)Cc1ccc(C)s1. The van der Waals surface area contributed by atoms with Crippen LogP contribution in [0.25, 0.3) is 0 Å². The van der Waals surface area contributed by atoms with Gasteiger partial charge in [-0.1, -0.05) is 6.07 Å². The molecule has 2 aromatic heterocycles. The van der Waals surface area contributed by atoms with Gasteiger partial charge in [0.1, 0.15) is 5.82 Å². The van der Waals surface area contributed by atoms with Crippen LogP contribution < -0.4 is 15.5 Å².